The molecule has 0 saturated carbocycles. The van der Waals surface area contributed by atoms with E-state index in [1.54, 1.807) is 66.7 Å². The van der Waals surface area contributed by atoms with Crippen molar-refractivity contribution in [2.45, 2.75) is 4.90 Å². The first-order chi connectivity index (χ1) is 27.9. The highest BCUT2D eigenvalue weighted by Gasteiger charge is 2.23. The first kappa shape index (κ1) is 38.6. The lowest BCUT2D eigenvalue weighted by Gasteiger charge is -2.11. The van der Waals surface area contributed by atoms with E-state index in [-0.39, 0.29) is 4.90 Å². The van der Waals surface area contributed by atoms with Gasteiger partial charge in [0.15, 0.2) is 0 Å². The minimum absolute atomic E-state index is 0.0313. The number of primary sulfonamides is 1. The average molecular weight is 901 g/mol. The molecule has 0 saturated heterocycles. The maximum Gasteiger partial charge on any atom is 0.238 e. The van der Waals surface area contributed by atoms with Gasteiger partial charge in [-0.15, -0.1) is 0 Å². The van der Waals surface area contributed by atoms with Gasteiger partial charge in [-0.2, -0.15) is 0 Å². The van der Waals surface area contributed by atoms with Crippen molar-refractivity contribution < 1.29 is 8.42 Å². The van der Waals surface area contributed by atoms with Crippen LogP contribution in [0.2, 0.25) is 30.1 Å². The highest BCUT2D eigenvalue weighted by Crippen LogP contribution is 2.45. The Bertz CT molecular complexity index is 3120. The summed E-state index contributed by atoms with van der Waals surface area (Å²) >= 11 is 41.6. The molecule has 5 heterocycles. The van der Waals surface area contributed by atoms with Gasteiger partial charge >= 0.3 is 0 Å². The predicted octanol–water partition coefficient (Wildman–Crippen LogP) is 13.9. The minimum Gasteiger partial charge on any atom is -0.354 e. The first-order valence-corrected chi connectivity index (χ1v) is 21.3. The summed E-state index contributed by atoms with van der Waals surface area (Å²) in [6.45, 7) is 0. The van der Waals surface area contributed by atoms with Crippen molar-refractivity contribution in [2.75, 3.05) is 0 Å². The number of hydrogen-bond donors (Lipinski definition) is 3. The third-order valence-corrected chi connectivity index (χ3v) is 12.7. The summed E-state index contributed by atoms with van der Waals surface area (Å²) in [4.78, 5) is 17.6. The lowest BCUT2D eigenvalue weighted by Crippen LogP contribution is -2.11. The van der Waals surface area contributed by atoms with E-state index in [2.05, 4.69) is 9.97 Å². The molecule has 58 heavy (non-hydrogen) atoms. The van der Waals surface area contributed by atoms with Gasteiger partial charge in [0.05, 0.1) is 57.8 Å². The van der Waals surface area contributed by atoms with Crippen LogP contribution >= 0.6 is 69.6 Å². The predicted molar refractivity (Wildman–Crippen MR) is 242 cm³/mol. The fourth-order valence-corrected chi connectivity index (χ4v) is 9.59. The van der Waals surface area contributed by atoms with Crippen molar-refractivity contribution in [3.63, 3.8) is 0 Å². The van der Waals surface area contributed by atoms with Crippen molar-refractivity contribution in [1.82, 2.24) is 19.9 Å². The van der Waals surface area contributed by atoms with Gasteiger partial charge in [0.25, 0.3) is 0 Å². The molecular formula is C44H25Cl6N5O2S. The first-order valence-electron chi connectivity index (χ1n) is 17.5. The second kappa shape index (κ2) is 15.1. The molecular weight excluding hydrogens is 875 g/mol. The summed E-state index contributed by atoms with van der Waals surface area (Å²) in [6.07, 6.45) is 7.54. The van der Waals surface area contributed by atoms with E-state index < -0.39 is 10.0 Å². The maximum absolute atomic E-state index is 12.3. The Labute approximate surface area is 362 Å². The number of benzene rings is 4. The molecule has 0 radical (unpaired) electrons. The maximum atomic E-state index is 12.3. The van der Waals surface area contributed by atoms with E-state index in [1.165, 1.54) is 12.1 Å². The molecule has 9 rings (SSSR count). The lowest BCUT2D eigenvalue weighted by molar-refractivity contribution is 0.598. The van der Waals surface area contributed by atoms with E-state index in [1.807, 2.05) is 48.6 Å². The third-order valence-electron chi connectivity index (χ3n) is 9.86. The molecule has 0 spiro atoms. The van der Waals surface area contributed by atoms with E-state index >= 15 is 0 Å². The molecule has 7 aromatic rings. The molecule has 0 aliphatic carbocycles. The number of nitrogens with two attached hydrogens (primary N) is 1. The van der Waals surface area contributed by atoms with Gasteiger partial charge in [0.1, 0.15) is 0 Å². The number of halogens is 6. The number of H-pyrrole nitrogens is 2. The van der Waals surface area contributed by atoms with Gasteiger partial charge in [-0.1, -0.05) is 99.9 Å². The van der Waals surface area contributed by atoms with Gasteiger partial charge < -0.3 is 9.97 Å². The van der Waals surface area contributed by atoms with Crippen molar-refractivity contribution in [1.29, 1.82) is 0 Å². The van der Waals surface area contributed by atoms with E-state index in [4.69, 9.17) is 84.7 Å². The molecule has 0 atom stereocenters. The van der Waals surface area contributed by atoms with Crippen LogP contribution in [0, 0.1) is 0 Å². The molecule has 4 N–H and O–H groups in total. The third kappa shape index (κ3) is 6.83. The van der Waals surface area contributed by atoms with E-state index in [9.17, 15) is 8.42 Å². The second-order valence-corrected chi connectivity index (χ2v) is 17.4. The number of hydrogen-bond acceptors (Lipinski definition) is 4. The van der Waals surface area contributed by atoms with E-state index in [0.29, 0.717) is 119 Å². The molecule has 0 amide bonds. The number of nitrogens with one attached hydrogen (secondary N) is 2. The van der Waals surface area contributed by atoms with Crippen molar-refractivity contribution in [3.05, 3.63) is 156 Å². The Balaban J connectivity index is 1.51. The van der Waals surface area contributed by atoms with Crippen LogP contribution < -0.4 is 5.14 Å². The summed E-state index contributed by atoms with van der Waals surface area (Å²) in [7, 11) is -3.96. The highest BCUT2D eigenvalue weighted by atomic mass is 35.5. The summed E-state index contributed by atoms with van der Waals surface area (Å²) in [5.74, 6) is 0. The van der Waals surface area contributed by atoms with Crippen molar-refractivity contribution in [2.24, 2.45) is 5.14 Å². The quantitative estimate of drug-likeness (QED) is 0.159. The molecule has 8 bridgehead atoms. The largest absolute Gasteiger partial charge is 0.354 e. The van der Waals surface area contributed by atoms with Gasteiger partial charge in [-0.05, 0) is 103 Å². The van der Waals surface area contributed by atoms with Gasteiger partial charge in [0, 0.05) is 61.0 Å². The topological polar surface area (TPSA) is 118 Å². The van der Waals surface area contributed by atoms with Crippen molar-refractivity contribution >= 4 is 126 Å². The molecule has 2 aliphatic rings. The molecule has 7 nitrogen and oxygen atoms in total. The normalized spacial score (nSPS) is 12.4. The number of aromatic amines is 2. The van der Waals surface area contributed by atoms with Crippen LogP contribution in [0.15, 0.2) is 108 Å². The second-order valence-electron chi connectivity index (χ2n) is 13.4. The standard InChI is InChI=1S/C44H25Cl6N5O2S/c45-24-4-1-5-25(46)39(24)42-32-16-14-30(52-32)38(22-10-12-23(13-11-22)58(51,56)57)31-15-17-33(53-31)43(40-26(47)6-2-7-27(40)48)35-19-21-37(55-35)44(36-20-18-34(42)54-36)41-28(49)8-3-9-29(41)50/h1-21,52,55H,(H2,51,56,57). The Hall–Kier alpha value is -4.87. The van der Waals surface area contributed by atoms with Crippen LogP contribution in [-0.4, -0.2) is 28.4 Å². The van der Waals surface area contributed by atoms with Gasteiger partial charge in [-0.25, -0.2) is 23.5 Å². The summed E-state index contributed by atoms with van der Waals surface area (Å²) in [5, 5.41) is 7.97. The van der Waals surface area contributed by atoms with Crippen LogP contribution in [0.5, 0.6) is 0 Å². The molecule has 3 aromatic heterocycles. The van der Waals surface area contributed by atoms with Crippen LogP contribution in [0.3, 0.4) is 0 Å². The zero-order chi connectivity index (χ0) is 40.5. The number of sulfonamides is 1. The van der Waals surface area contributed by atoms with Crippen LogP contribution in [-0.2, 0) is 10.0 Å². The molecule has 4 aromatic carbocycles. The Morgan fingerprint density at radius 1 is 0.397 bits per heavy atom. The zero-order valence-corrected chi connectivity index (χ0v) is 34.9. The minimum atomic E-state index is -3.96. The van der Waals surface area contributed by atoms with Gasteiger partial charge in [-0.3, -0.25) is 0 Å². The number of fused-ring (bicyclic) bond motifs is 8. The number of aromatic nitrogens is 4. The van der Waals surface area contributed by atoms with E-state index in [0.717, 1.165) is 0 Å². The zero-order valence-electron chi connectivity index (χ0n) is 29.6. The fourth-order valence-electron chi connectivity index (χ4n) is 7.32. The van der Waals surface area contributed by atoms with Gasteiger partial charge in [0.2, 0.25) is 10.0 Å². The van der Waals surface area contributed by atoms with Crippen molar-refractivity contribution in [3.8, 4) is 44.5 Å². The summed E-state index contributed by atoms with van der Waals surface area (Å²) in [5.41, 5.74) is 9.72. The lowest BCUT2D eigenvalue weighted by atomic mass is 10.0. The number of nitrogens with zero attached hydrogens (tertiary/aromatic N) is 2. The number of rotatable bonds is 5. The Morgan fingerprint density at radius 2 is 0.690 bits per heavy atom. The monoisotopic (exact) mass is 897 g/mol. The van der Waals surface area contributed by atoms with Crippen LogP contribution in [0.4, 0.5) is 0 Å². The molecule has 2 aliphatic heterocycles. The SMILES string of the molecule is NS(=O)(=O)c1ccc(-c2c3nc(c(-c4c(Cl)cccc4Cl)c4ccc([nH]4)c(-c4c(Cl)cccc4Cl)c4nc(c(-c5c(Cl)cccc5Cl)c5ccc2[nH]5)C=C4)C=C3)cc1. The summed E-state index contributed by atoms with van der Waals surface area (Å²) in [6, 6.07) is 29.9. The molecule has 286 valence electrons. The van der Waals surface area contributed by atoms with Crippen LogP contribution in [0.1, 0.15) is 22.8 Å². The average Bonchev–Trinajstić information content (AvgIpc) is 4.02. The summed E-state index contributed by atoms with van der Waals surface area (Å²) < 4.78 is 24.5. The Morgan fingerprint density at radius 3 is 1.00 bits per heavy atom. The smallest absolute Gasteiger partial charge is 0.238 e. The highest BCUT2D eigenvalue weighted by molar-refractivity contribution is 7.89. The Kier molecular flexibility index (Phi) is 10.0. The molecule has 0 fully saturated rings. The molecule has 0 unspecified atom stereocenters. The molecule has 14 heteroatoms. The van der Waals surface area contributed by atoms with Crippen LogP contribution in [0.25, 0.3) is 90.9 Å². The fraction of sp³-hybridized carbons (Fsp3) is 0.